The van der Waals surface area contributed by atoms with Gasteiger partial charge in [0.2, 0.25) is 0 Å². The molecule has 1 fully saturated rings. The fourth-order valence-corrected chi connectivity index (χ4v) is 3.81. The highest BCUT2D eigenvalue weighted by Crippen LogP contribution is 2.46. The number of carbonyl (C=O) groups is 1. The third kappa shape index (κ3) is 3.51. The number of piperidine rings is 1. The van der Waals surface area contributed by atoms with Crippen molar-refractivity contribution in [3.05, 3.63) is 4.88 Å². The summed E-state index contributed by atoms with van der Waals surface area (Å²) in [6.07, 6.45) is 3.70. The lowest BCUT2D eigenvalue weighted by molar-refractivity contribution is 0.0944. The first kappa shape index (κ1) is 16.1. The normalized spacial score (nSPS) is 15.8. The molecule has 0 radical (unpaired) electrons. The van der Waals surface area contributed by atoms with Crippen molar-refractivity contribution in [2.75, 3.05) is 23.7 Å². The van der Waals surface area contributed by atoms with Crippen LogP contribution in [0.3, 0.4) is 0 Å². The number of anilines is 2. The largest absolute Gasteiger partial charge is 0.486 e. The van der Waals surface area contributed by atoms with E-state index < -0.39 is 0 Å². The molecule has 0 amide bonds. The minimum atomic E-state index is -0.0490. The van der Waals surface area contributed by atoms with Crippen LogP contribution in [0.15, 0.2) is 0 Å². The molecule has 1 aromatic heterocycles. The molecule has 2 N–H and O–H groups in total. The zero-order valence-corrected chi connectivity index (χ0v) is 14.3. The predicted molar refractivity (Wildman–Crippen MR) is 89.7 cm³/mol. The van der Waals surface area contributed by atoms with Crippen molar-refractivity contribution in [3.63, 3.8) is 0 Å². The second kappa shape index (κ2) is 6.69. The van der Waals surface area contributed by atoms with E-state index in [2.05, 4.69) is 4.90 Å². The molecular formula is C16H26N2O2S. The Morgan fingerprint density at radius 3 is 2.33 bits per heavy atom. The molecule has 2 heterocycles. The maximum absolute atomic E-state index is 12.4. The quantitative estimate of drug-likeness (QED) is 0.837. The van der Waals surface area contributed by atoms with E-state index in [4.69, 9.17) is 10.5 Å². The molecule has 21 heavy (non-hydrogen) atoms. The summed E-state index contributed by atoms with van der Waals surface area (Å²) in [5.41, 5.74) is 6.76. The summed E-state index contributed by atoms with van der Waals surface area (Å²) >= 11 is 1.50. The molecule has 0 aromatic carbocycles. The summed E-state index contributed by atoms with van der Waals surface area (Å²) in [4.78, 5) is 15.3. The van der Waals surface area contributed by atoms with Crippen molar-refractivity contribution in [3.8, 4) is 5.75 Å². The van der Waals surface area contributed by atoms with Crippen LogP contribution in [-0.2, 0) is 0 Å². The van der Waals surface area contributed by atoms with Gasteiger partial charge in [0.15, 0.2) is 11.5 Å². The van der Waals surface area contributed by atoms with Gasteiger partial charge in [0, 0.05) is 19.0 Å². The number of hydrogen-bond donors (Lipinski definition) is 1. The first-order valence-corrected chi connectivity index (χ1v) is 8.61. The van der Waals surface area contributed by atoms with E-state index in [1.807, 2.05) is 27.7 Å². The van der Waals surface area contributed by atoms with Crippen molar-refractivity contribution in [2.24, 2.45) is 5.92 Å². The number of nitrogen functional groups attached to an aromatic ring is 1. The van der Waals surface area contributed by atoms with Gasteiger partial charge in [-0.25, -0.2) is 0 Å². The highest BCUT2D eigenvalue weighted by atomic mass is 32.1. The first-order chi connectivity index (χ1) is 9.91. The van der Waals surface area contributed by atoms with E-state index in [9.17, 15) is 4.79 Å². The van der Waals surface area contributed by atoms with Gasteiger partial charge in [-0.05, 0) is 33.1 Å². The van der Waals surface area contributed by atoms with Crippen molar-refractivity contribution >= 4 is 27.8 Å². The minimum absolute atomic E-state index is 0.0486. The number of hydrogen-bond acceptors (Lipinski definition) is 5. The predicted octanol–water partition coefficient (Wildman–Crippen LogP) is 3.95. The highest BCUT2D eigenvalue weighted by Gasteiger charge is 2.27. The van der Waals surface area contributed by atoms with Crippen molar-refractivity contribution < 1.29 is 9.53 Å². The van der Waals surface area contributed by atoms with Gasteiger partial charge in [0.1, 0.15) is 5.00 Å². The van der Waals surface area contributed by atoms with Gasteiger partial charge in [0.05, 0.1) is 16.7 Å². The van der Waals surface area contributed by atoms with Crippen molar-refractivity contribution in [2.45, 2.75) is 53.1 Å². The topological polar surface area (TPSA) is 55.6 Å². The summed E-state index contributed by atoms with van der Waals surface area (Å²) < 4.78 is 5.93. The van der Waals surface area contributed by atoms with Gasteiger partial charge in [-0.1, -0.05) is 13.8 Å². The zero-order valence-electron chi connectivity index (χ0n) is 13.4. The average molecular weight is 310 g/mol. The van der Waals surface area contributed by atoms with Gasteiger partial charge in [-0.3, -0.25) is 4.79 Å². The Kier molecular flexibility index (Phi) is 5.14. The number of ether oxygens (including phenoxy) is 1. The molecule has 1 aliphatic heterocycles. The van der Waals surface area contributed by atoms with Crippen LogP contribution in [0.4, 0.5) is 10.7 Å². The summed E-state index contributed by atoms with van der Waals surface area (Å²) in [5, 5.41) is 1.03. The molecule has 1 aromatic rings. The average Bonchev–Trinajstić information content (AvgIpc) is 2.76. The Morgan fingerprint density at radius 2 is 1.81 bits per heavy atom. The fraction of sp³-hybridized carbons (Fsp3) is 0.688. The summed E-state index contributed by atoms with van der Waals surface area (Å²) in [5.74, 6) is 0.766. The lowest BCUT2D eigenvalue weighted by Crippen LogP contribution is -2.29. The van der Waals surface area contributed by atoms with Crippen LogP contribution in [0, 0.1) is 5.92 Å². The molecule has 0 unspecified atom stereocenters. The molecule has 4 nitrogen and oxygen atoms in total. The molecule has 0 saturated carbocycles. The molecule has 1 saturated heterocycles. The third-order valence-electron chi connectivity index (χ3n) is 3.63. The van der Waals surface area contributed by atoms with Gasteiger partial charge in [0.25, 0.3) is 0 Å². The number of nitrogens with two attached hydrogens (primary N) is 1. The molecule has 0 bridgehead atoms. The van der Waals surface area contributed by atoms with Gasteiger partial charge in [-0.2, -0.15) is 0 Å². The number of carbonyl (C=O) groups excluding carboxylic acids is 1. The second-order valence-corrected chi connectivity index (χ2v) is 7.21. The van der Waals surface area contributed by atoms with Crippen LogP contribution in [0.1, 0.15) is 56.6 Å². The van der Waals surface area contributed by atoms with Crippen molar-refractivity contribution in [1.82, 2.24) is 0 Å². The highest BCUT2D eigenvalue weighted by molar-refractivity contribution is 7.19. The SMILES string of the molecule is CC(C)Oc1c(N2CCCCC2)sc(C(=O)C(C)C)c1N. The Bertz CT molecular complexity index is 503. The van der Waals surface area contributed by atoms with E-state index in [0.717, 1.165) is 18.1 Å². The Balaban J connectivity index is 2.41. The van der Waals surface area contributed by atoms with Crippen LogP contribution >= 0.6 is 11.3 Å². The summed E-state index contributed by atoms with van der Waals surface area (Å²) in [6.45, 7) is 9.82. The van der Waals surface area contributed by atoms with E-state index in [-0.39, 0.29) is 17.8 Å². The molecule has 118 valence electrons. The lowest BCUT2D eigenvalue weighted by Gasteiger charge is -2.28. The van der Waals surface area contributed by atoms with Gasteiger partial charge < -0.3 is 15.4 Å². The third-order valence-corrected chi connectivity index (χ3v) is 4.89. The van der Waals surface area contributed by atoms with E-state index in [0.29, 0.717) is 16.3 Å². The first-order valence-electron chi connectivity index (χ1n) is 7.80. The zero-order chi connectivity index (χ0) is 15.6. The lowest BCUT2D eigenvalue weighted by atomic mass is 10.1. The number of ketones is 1. The van der Waals surface area contributed by atoms with Crippen LogP contribution in [0.5, 0.6) is 5.75 Å². The maximum atomic E-state index is 12.4. The summed E-state index contributed by atoms with van der Waals surface area (Å²) in [6, 6.07) is 0. The second-order valence-electron chi connectivity index (χ2n) is 6.21. The molecule has 5 heteroatoms. The maximum Gasteiger partial charge on any atom is 0.177 e. The Labute approximate surface area is 131 Å². The van der Waals surface area contributed by atoms with E-state index in [1.54, 1.807) is 0 Å². The number of nitrogens with zero attached hydrogens (tertiary/aromatic N) is 1. The minimum Gasteiger partial charge on any atom is -0.486 e. The molecule has 2 rings (SSSR count). The van der Waals surface area contributed by atoms with Crippen LogP contribution < -0.4 is 15.4 Å². The van der Waals surface area contributed by atoms with Crippen LogP contribution in [0.25, 0.3) is 0 Å². The molecule has 0 atom stereocenters. The van der Waals surface area contributed by atoms with Crippen molar-refractivity contribution in [1.29, 1.82) is 0 Å². The monoisotopic (exact) mass is 310 g/mol. The Hall–Kier alpha value is -1.23. The number of thiophene rings is 1. The standard InChI is InChI=1S/C16H26N2O2S/c1-10(2)13(19)15-12(17)14(20-11(3)4)16(21-15)18-8-6-5-7-9-18/h10-11H,5-9,17H2,1-4H3. The fourth-order valence-electron chi connectivity index (χ4n) is 2.52. The number of Topliss-reactive ketones (excluding diaryl/α,β-unsaturated/α-hetero) is 1. The van der Waals surface area contributed by atoms with Gasteiger partial charge in [-0.15, -0.1) is 11.3 Å². The molecule has 1 aliphatic rings. The molecule has 0 aliphatic carbocycles. The molecular weight excluding hydrogens is 284 g/mol. The van der Waals surface area contributed by atoms with Gasteiger partial charge >= 0.3 is 0 Å². The smallest absolute Gasteiger partial charge is 0.177 e. The van der Waals surface area contributed by atoms with E-state index >= 15 is 0 Å². The van der Waals surface area contributed by atoms with Crippen LogP contribution in [0.2, 0.25) is 0 Å². The van der Waals surface area contributed by atoms with E-state index in [1.165, 1.54) is 30.6 Å². The Morgan fingerprint density at radius 1 is 1.19 bits per heavy atom. The number of rotatable bonds is 5. The summed E-state index contributed by atoms with van der Waals surface area (Å²) in [7, 11) is 0. The van der Waals surface area contributed by atoms with Crippen LogP contribution in [-0.4, -0.2) is 25.0 Å². The molecule has 0 spiro atoms.